The predicted octanol–water partition coefficient (Wildman–Crippen LogP) is 2.93. The molecule has 2 heteroatoms. The van der Waals surface area contributed by atoms with Crippen LogP contribution in [0.1, 0.15) is 38.5 Å². The quantitative estimate of drug-likeness (QED) is 0.510. The van der Waals surface area contributed by atoms with E-state index >= 15 is 0 Å². The Kier molecular flexibility index (Phi) is 4.71. The third-order valence-corrected chi connectivity index (χ3v) is 3.16. The maximum Gasteiger partial charge on any atom is 0.308 e. The van der Waals surface area contributed by atoms with Gasteiger partial charge in [0.2, 0.25) is 0 Å². The number of carbonyl (C=O) groups is 1. The van der Waals surface area contributed by atoms with Gasteiger partial charge in [-0.25, -0.2) is 0 Å². The topological polar surface area (TPSA) is 26.3 Å². The fourth-order valence-electron chi connectivity index (χ4n) is 2.21. The molecular formula is C12H20O2. The number of rotatable bonds is 4. The van der Waals surface area contributed by atoms with Crippen LogP contribution >= 0.6 is 0 Å². The molecule has 1 aliphatic rings. The SMILES string of the molecule is C=CCCC1CCC(C(=O)OC)CC1. The number of hydrogen-bond acceptors (Lipinski definition) is 2. The normalized spacial score (nSPS) is 26.9. The molecule has 0 bridgehead atoms. The van der Waals surface area contributed by atoms with E-state index in [1.54, 1.807) is 0 Å². The first-order valence-electron chi connectivity index (χ1n) is 5.46. The van der Waals surface area contributed by atoms with Crippen LogP contribution in [0.3, 0.4) is 0 Å². The molecule has 80 valence electrons. The average molecular weight is 196 g/mol. The van der Waals surface area contributed by atoms with Crippen LogP contribution in [0.25, 0.3) is 0 Å². The average Bonchev–Trinajstić information content (AvgIpc) is 2.26. The van der Waals surface area contributed by atoms with E-state index in [2.05, 4.69) is 6.58 Å². The number of esters is 1. The maximum atomic E-state index is 11.2. The molecule has 1 aliphatic carbocycles. The maximum absolute atomic E-state index is 11.2. The standard InChI is InChI=1S/C12H20O2/c1-3-4-5-10-6-8-11(9-7-10)12(13)14-2/h3,10-11H,1,4-9H2,2H3. The van der Waals surface area contributed by atoms with Gasteiger partial charge in [0.15, 0.2) is 0 Å². The Morgan fingerprint density at radius 1 is 1.43 bits per heavy atom. The van der Waals surface area contributed by atoms with E-state index in [1.807, 2.05) is 6.08 Å². The molecule has 0 amide bonds. The molecule has 14 heavy (non-hydrogen) atoms. The summed E-state index contributed by atoms with van der Waals surface area (Å²) in [6.45, 7) is 3.73. The van der Waals surface area contributed by atoms with E-state index in [1.165, 1.54) is 26.4 Å². The summed E-state index contributed by atoms with van der Waals surface area (Å²) in [5, 5.41) is 0. The molecule has 0 radical (unpaired) electrons. The monoisotopic (exact) mass is 196 g/mol. The van der Waals surface area contributed by atoms with Gasteiger partial charge in [0, 0.05) is 0 Å². The van der Waals surface area contributed by atoms with Crippen molar-refractivity contribution in [2.24, 2.45) is 11.8 Å². The second kappa shape index (κ2) is 5.84. The van der Waals surface area contributed by atoms with Gasteiger partial charge in [-0.2, -0.15) is 0 Å². The van der Waals surface area contributed by atoms with Crippen LogP contribution in [0.2, 0.25) is 0 Å². The highest BCUT2D eigenvalue weighted by atomic mass is 16.5. The van der Waals surface area contributed by atoms with Gasteiger partial charge >= 0.3 is 5.97 Å². The van der Waals surface area contributed by atoms with Gasteiger partial charge in [-0.05, 0) is 44.4 Å². The third kappa shape index (κ3) is 3.17. The van der Waals surface area contributed by atoms with Crippen LogP contribution in [0.5, 0.6) is 0 Å². The molecule has 1 saturated carbocycles. The molecule has 0 atom stereocenters. The minimum Gasteiger partial charge on any atom is -0.469 e. The summed E-state index contributed by atoms with van der Waals surface area (Å²) in [7, 11) is 1.48. The summed E-state index contributed by atoms with van der Waals surface area (Å²) in [6.07, 6.45) is 8.68. The van der Waals surface area contributed by atoms with Crippen LogP contribution in [0.15, 0.2) is 12.7 Å². The summed E-state index contributed by atoms with van der Waals surface area (Å²) in [5.74, 6) is 0.945. The first-order valence-corrected chi connectivity index (χ1v) is 5.46. The number of ether oxygens (including phenoxy) is 1. The lowest BCUT2D eigenvalue weighted by Crippen LogP contribution is -2.22. The molecule has 0 unspecified atom stereocenters. The van der Waals surface area contributed by atoms with Crippen LogP contribution in [0.4, 0.5) is 0 Å². The fourth-order valence-corrected chi connectivity index (χ4v) is 2.21. The summed E-state index contributed by atoms with van der Waals surface area (Å²) in [6, 6.07) is 0. The zero-order valence-corrected chi connectivity index (χ0v) is 9.00. The molecule has 1 fully saturated rings. The van der Waals surface area contributed by atoms with Crippen LogP contribution in [0, 0.1) is 11.8 Å². The summed E-state index contributed by atoms with van der Waals surface area (Å²) < 4.78 is 4.75. The summed E-state index contributed by atoms with van der Waals surface area (Å²) in [4.78, 5) is 11.2. The Labute approximate surface area is 86.3 Å². The molecule has 0 aliphatic heterocycles. The first-order chi connectivity index (χ1) is 6.77. The molecular weight excluding hydrogens is 176 g/mol. The van der Waals surface area contributed by atoms with Crippen molar-refractivity contribution in [1.29, 1.82) is 0 Å². The molecule has 0 aromatic rings. The van der Waals surface area contributed by atoms with Crippen LogP contribution in [-0.2, 0) is 9.53 Å². The second-order valence-electron chi connectivity index (χ2n) is 4.11. The zero-order valence-electron chi connectivity index (χ0n) is 9.00. The molecule has 2 nitrogen and oxygen atoms in total. The fraction of sp³-hybridized carbons (Fsp3) is 0.750. The zero-order chi connectivity index (χ0) is 10.4. The highest BCUT2D eigenvalue weighted by molar-refractivity contribution is 5.72. The number of hydrogen-bond donors (Lipinski definition) is 0. The number of allylic oxidation sites excluding steroid dienone is 1. The van der Waals surface area contributed by atoms with Crippen molar-refractivity contribution in [2.45, 2.75) is 38.5 Å². The molecule has 1 rings (SSSR count). The lowest BCUT2D eigenvalue weighted by atomic mass is 9.80. The van der Waals surface area contributed by atoms with E-state index in [0.717, 1.165) is 25.2 Å². The Morgan fingerprint density at radius 2 is 2.07 bits per heavy atom. The largest absolute Gasteiger partial charge is 0.469 e. The Balaban J connectivity index is 2.24. The van der Waals surface area contributed by atoms with Gasteiger partial charge in [0.05, 0.1) is 13.0 Å². The number of carbonyl (C=O) groups excluding carboxylic acids is 1. The molecule has 0 saturated heterocycles. The van der Waals surface area contributed by atoms with E-state index < -0.39 is 0 Å². The molecule has 0 spiro atoms. The van der Waals surface area contributed by atoms with E-state index in [0.29, 0.717) is 0 Å². The van der Waals surface area contributed by atoms with Crippen molar-refractivity contribution in [1.82, 2.24) is 0 Å². The Morgan fingerprint density at radius 3 is 2.57 bits per heavy atom. The summed E-state index contributed by atoms with van der Waals surface area (Å²) >= 11 is 0. The number of methoxy groups -OCH3 is 1. The third-order valence-electron chi connectivity index (χ3n) is 3.16. The van der Waals surface area contributed by atoms with Crippen molar-refractivity contribution < 1.29 is 9.53 Å². The van der Waals surface area contributed by atoms with Gasteiger partial charge < -0.3 is 4.74 Å². The minimum atomic E-state index is -0.0211. The van der Waals surface area contributed by atoms with Gasteiger partial charge in [-0.15, -0.1) is 6.58 Å². The van der Waals surface area contributed by atoms with Crippen molar-refractivity contribution in [3.8, 4) is 0 Å². The highest BCUT2D eigenvalue weighted by Crippen LogP contribution is 2.32. The molecule has 0 aromatic carbocycles. The molecule has 0 aromatic heterocycles. The predicted molar refractivity (Wildman–Crippen MR) is 56.9 cm³/mol. The van der Waals surface area contributed by atoms with Crippen molar-refractivity contribution in [3.05, 3.63) is 12.7 Å². The minimum absolute atomic E-state index is 0.0211. The Bertz CT molecular complexity index is 190. The Hall–Kier alpha value is -0.790. The molecule has 0 N–H and O–H groups in total. The summed E-state index contributed by atoms with van der Waals surface area (Å²) in [5.41, 5.74) is 0. The van der Waals surface area contributed by atoms with Crippen molar-refractivity contribution >= 4 is 5.97 Å². The van der Waals surface area contributed by atoms with E-state index in [4.69, 9.17) is 4.74 Å². The molecule has 0 heterocycles. The van der Waals surface area contributed by atoms with Gasteiger partial charge in [-0.3, -0.25) is 4.79 Å². The smallest absolute Gasteiger partial charge is 0.308 e. The van der Waals surface area contributed by atoms with Crippen LogP contribution in [-0.4, -0.2) is 13.1 Å². The van der Waals surface area contributed by atoms with E-state index in [-0.39, 0.29) is 11.9 Å². The first kappa shape index (κ1) is 11.3. The van der Waals surface area contributed by atoms with Crippen LogP contribution < -0.4 is 0 Å². The highest BCUT2D eigenvalue weighted by Gasteiger charge is 2.26. The lowest BCUT2D eigenvalue weighted by molar-refractivity contribution is -0.146. The second-order valence-corrected chi connectivity index (χ2v) is 4.11. The lowest BCUT2D eigenvalue weighted by Gasteiger charge is -2.26. The van der Waals surface area contributed by atoms with Crippen molar-refractivity contribution in [2.75, 3.05) is 7.11 Å². The van der Waals surface area contributed by atoms with Gasteiger partial charge in [0.25, 0.3) is 0 Å². The van der Waals surface area contributed by atoms with Gasteiger partial charge in [0.1, 0.15) is 0 Å². The van der Waals surface area contributed by atoms with Crippen molar-refractivity contribution in [3.63, 3.8) is 0 Å². The van der Waals surface area contributed by atoms with E-state index in [9.17, 15) is 4.79 Å². The van der Waals surface area contributed by atoms with Gasteiger partial charge in [-0.1, -0.05) is 6.08 Å².